The number of aliphatic carboxylic acids is 1. The van der Waals surface area contributed by atoms with Crippen molar-refractivity contribution in [2.24, 2.45) is 5.92 Å². The van der Waals surface area contributed by atoms with Crippen LogP contribution in [0.4, 0.5) is 10.5 Å². The molecule has 0 aromatic heterocycles. The van der Waals surface area contributed by atoms with Crippen LogP contribution in [0, 0.1) is 17.2 Å². The molecule has 1 unspecified atom stereocenters. The summed E-state index contributed by atoms with van der Waals surface area (Å²) in [5, 5.41) is 22.7. The molecular formula is C14H17N3O3. The Morgan fingerprint density at radius 1 is 1.30 bits per heavy atom. The van der Waals surface area contributed by atoms with Crippen LogP contribution in [0.15, 0.2) is 24.3 Å². The summed E-state index contributed by atoms with van der Waals surface area (Å²) in [7, 11) is 0. The van der Waals surface area contributed by atoms with Gasteiger partial charge in [0.2, 0.25) is 0 Å². The topological polar surface area (TPSA) is 102 Å². The van der Waals surface area contributed by atoms with E-state index in [4.69, 9.17) is 10.4 Å². The third-order valence-electron chi connectivity index (χ3n) is 2.79. The second kappa shape index (κ2) is 7.14. The number of nitrogens with zero attached hydrogens (tertiary/aromatic N) is 1. The number of carbonyl (C=O) groups is 2. The smallest absolute Gasteiger partial charge is 0.319 e. The number of hydrogen-bond donors (Lipinski definition) is 3. The van der Waals surface area contributed by atoms with Crippen LogP contribution in [0.2, 0.25) is 0 Å². The molecule has 0 aliphatic carbocycles. The fraction of sp³-hybridized carbons (Fsp3) is 0.357. The summed E-state index contributed by atoms with van der Waals surface area (Å²) in [6.45, 7) is 3.69. The molecule has 1 aromatic carbocycles. The average molecular weight is 275 g/mol. The number of urea groups is 1. The van der Waals surface area contributed by atoms with Gasteiger partial charge in [-0.2, -0.15) is 5.26 Å². The molecule has 0 aliphatic heterocycles. The van der Waals surface area contributed by atoms with Gasteiger partial charge >= 0.3 is 12.0 Å². The number of carbonyl (C=O) groups excluding carboxylic acids is 1. The lowest BCUT2D eigenvalue weighted by atomic mass is 10.0. The van der Waals surface area contributed by atoms with Crippen LogP contribution >= 0.6 is 0 Å². The molecule has 2 amide bonds. The lowest BCUT2D eigenvalue weighted by molar-refractivity contribution is -0.137. The van der Waals surface area contributed by atoms with Crippen molar-refractivity contribution in [3.8, 4) is 6.07 Å². The van der Waals surface area contributed by atoms with Crippen molar-refractivity contribution in [1.29, 1.82) is 5.26 Å². The summed E-state index contributed by atoms with van der Waals surface area (Å²) in [5.74, 6) is -0.944. The van der Waals surface area contributed by atoms with Crippen molar-refractivity contribution >= 4 is 17.7 Å². The molecule has 20 heavy (non-hydrogen) atoms. The number of amides is 2. The summed E-state index contributed by atoms with van der Waals surface area (Å²) in [5.41, 5.74) is 1.04. The number of nitriles is 1. The molecule has 1 rings (SSSR count). The molecule has 0 saturated heterocycles. The van der Waals surface area contributed by atoms with E-state index in [0.717, 1.165) is 0 Å². The predicted molar refractivity (Wildman–Crippen MR) is 74.2 cm³/mol. The van der Waals surface area contributed by atoms with E-state index in [1.807, 2.05) is 19.9 Å². The molecular weight excluding hydrogens is 258 g/mol. The molecule has 1 aromatic rings. The Balaban J connectivity index is 2.60. The Kier molecular flexibility index (Phi) is 5.54. The lowest BCUT2D eigenvalue weighted by Gasteiger charge is -2.20. The number of benzene rings is 1. The molecule has 0 radical (unpaired) electrons. The van der Waals surface area contributed by atoms with Crippen LogP contribution in [-0.2, 0) is 4.79 Å². The first-order valence-corrected chi connectivity index (χ1v) is 6.22. The van der Waals surface area contributed by atoms with Gasteiger partial charge in [-0.15, -0.1) is 0 Å². The van der Waals surface area contributed by atoms with Crippen molar-refractivity contribution < 1.29 is 14.7 Å². The highest BCUT2D eigenvalue weighted by Crippen LogP contribution is 2.10. The Morgan fingerprint density at radius 3 is 2.35 bits per heavy atom. The highest BCUT2D eigenvalue weighted by Gasteiger charge is 2.19. The molecule has 106 valence electrons. The summed E-state index contributed by atoms with van der Waals surface area (Å²) in [6, 6.07) is 7.48. The average Bonchev–Trinajstić information content (AvgIpc) is 2.38. The van der Waals surface area contributed by atoms with Gasteiger partial charge in [0.05, 0.1) is 18.1 Å². The van der Waals surface area contributed by atoms with Gasteiger partial charge in [0, 0.05) is 11.7 Å². The zero-order valence-electron chi connectivity index (χ0n) is 11.4. The Morgan fingerprint density at radius 2 is 1.90 bits per heavy atom. The molecule has 1 atom stereocenters. The molecule has 6 heteroatoms. The zero-order chi connectivity index (χ0) is 15.1. The van der Waals surface area contributed by atoms with E-state index in [-0.39, 0.29) is 12.3 Å². The van der Waals surface area contributed by atoms with Crippen LogP contribution < -0.4 is 10.6 Å². The van der Waals surface area contributed by atoms with E-state index in [9.17, 15) is 9.59 Å². The van der Waals surface area contributed by atoms with E-state index < -0.39 is 18.0 Å². The van der Waals surface area contributed by atoms with Gasteiger partial charge in [0.1, 0.15) is 0 Å². The summed E-state index contributed by atoms with van der Waals surface area (Å²) in [4.78, 5) is 22.5. The van der Waals surface area contributed by atoms with Gasteiger partial charge in [-0.05, 0) is 30.2 Å². The maximum Gasteiger partial charge on any atom is 0.319 e. The summed E-state index contributed by atoms with van der Waals surface area (Å²) in [6.07, 6.45) is -0.127. The quantitative estimate of drug-likeness (QED) is 0.766. The van der Waals surface area contributed by atoms with E-state index in [1.54, 1.807) is 24.3 Å². The third-order valence-corrected chi connectivity index (χ3v) is 2.79. The van der Waals surface area contributed by atoms with Gasteiger partial charge in [-0.1, -0.05) is 13.8 Å². The van der Waals surface area contributed by atoms with Crippen molar-refractivity contribution in [2.75, 3.05) is 5.32 Å². The van der Waals surface area contributed by atoms with Crippen LogP contribution in [-0.4, -0.2) is 23.1 Å². The largest absolute Gasteiger partial charge is 0.481 e. The molecule has 0 aliphatic rings. The third kappa shape index (κ3) is 4.98. The van der Waals surface area contributed by atoms with Crippen molar-refractivity contribution in [2.45, 2.75) is 26.3 Å². The van der Waals surface area contributed by atoms with Gasteiger partial charge in [0.15, 0.2) is 0 Å². The summed E-state index contributed by atoms with van der Waals surface area (Å²) < 4.78 is 0. The summed E-state index contributed by atoms with van der Waals surface area (Å²) >= 11 is 0. The first kappa shape index (κ1) is 15.5. The van der Waals surface area contributed by atoms with E-state index >= 15 is 0 Å². The molecule has 6 nitrogen and oxygen atoms in total. The Labute approximate surface area is 117 Å². The number of hydrogen-bond acceptors (Lipinski definition) is 3. The van der Waals surface area contributed by atoms with Gasteiger partial charge in [0.25, 0.3) is 0 Å². The molecule has 0 saturated carbocycles. The molecule has 3 N–H and O–H groups in total. The number of carboxylic acids is 1. The first-order chi connectivity index (χ1) is 9.42. The van der Waals surface area contributed by atoms with E-state index in [2.05, 4.69) is 10.6 Å². The SMILES string of the molecule is CC(C)C(CC(=O)O)NC(=O)Nc1ccc(C#N)cc1. The van der Waals surface area contributed by atoms with Crippen LogP contribution in [0.1, 0.15) is 25.8 Å². The first-order valence-electron chi connectivity index (χ1n) is 6.22. The minimum Gasteiger partial charge on any atom is -0.481 e. The van der Waals surface area contributed by atoms with Gasteiger partial charge < -0.3 is 15.7 Å². The lowest BCUT2D eigenvalue weighted by Crippen LogP contribution is -2.42. The molecule has 0 heterocycles. The highest BCUT2D eigenvalue weighted by molar-refractivity contribution is 5.89. The van der Waals surface area contributed by atoms with Crippen molar-refractivity contribution in [3.05, 3.63) is 29.8 Å². The Hall–Kier alpha value is -2.55. The fourth-order valence-corrected chi connectivity index (χ4v) is 1.61. The minimum absolute atomic E-state index is 0.0119. The van der Waals surface area contributed by atoms with Crippen LogP contribution in [0.5, 0.6) is 0 Å². The predicted octanol–water partition coefficient (Wildman–Crippen LogP) is 2.18. The fourth-order valence-electron chi connectivity index (χ4n) is 1.61. The zero-order valence-corrected chi connectivity index (χ0v) is 11.4. The van der Waals surface area contributed by atoms with Crippen LogP contribution in [0.3, 0.4) is 0 Å². The molecule has 0 bridgehead atoms. The Bertz CT molecular complexity index is 517. The van der Waals surface area contributed by atoms with E-state index in [0.29, 0.717) is 11.3 Å². The second-order valence-electron chi connectivity index (χ2n) is 4.74. The highest BCUT2D eigenvalue weighted by atomic mass is 16.4. The standard InChI is InChI=1S/C14H17N3O3/c1-9(2)12(7-13(18)19)17-14(20)16-11-5-3-10(8-15)4-6-11/h3-6,9,12H,7H2,1-2H3,(H,18,19)(H2,16,17,20). The minimum atomic E-state index is -0.956. The monoisotopic (exact) mass is 275 g/mol. The van der Waals surface area contributed by atoms with Crippen LogP contribution in [0.25, 0.3) is 0 Å². The molecule has 0 fully saturated rings. The number of nitrogens with one attached hydrogen (secondary N) is 2. The maximum absolute atomic E-state index is 11.8. The van der Waals surface area contributed by atoms with Crippen molar-refractivity contribution in [1.82, 2.24) is 5.32 Å². The normalized spacial score (nSPS) is 11.5. The second-order valence-corrected chi connectivity index (χ2v) is 4.74. The van der Waals surface area contributed by atoms with Gasteiger partial charge in [-0.25, -0.2) is 4.79 Å². The number of rotatable bonds is 5. The van der Waals surface area contributed by atoms with E-state index in [1.165, 1.54) is 0 Å². The molecule has 0 spiro atoms. The van der Waals surface area contributed by atoms with Gasteiger partial charge in [-0.3, -0.25) is 4.79 Å². The number of carboxylic acid groups (broad SMARTS) is 1. The maximum atomic E-state index is 11.8. The number of anilines is 1. The van der Waals surface area contributed by atoms with Crippen molar-refractivity contribution in [3.63, 3.8) is 0 Å².